The van der Waals surface area contributed by atoms with Gasteiger partial charge in [0.2, 0.25) is 0 Å². The van der Waals surface area contributed by atoms with Crippen LogP contribution in [-0.2, 0) is 11.8 Å². The van der Waals surface area contributed by atoms with E-state index in [4.69, 9.17) is 0 Å². The molecule has 0 saturated heterocycles. The second-order valence-electron chi connectivity index (χ2n) is 8.75. The number of fused-ring (bicyclic) bond motifs is 4. The lowest BCUT2D eigenvalue weighted by atomic mass is 9.74. The molecular formula is C28H24. The summed E-state index contributed by atoms with van der Waals surface area (Å²) in [6.07, 6.45) is 9.36. The van der Waals surface area contributed by atoms with Crippen molar-refractivity contribution in [2.45, 2.75) is 31.1 Å². The van der Waals surface area contributed by atoms with Gasteiger partial charge in [0.1, 0.15) is 0 Å². The van der Waals surface area contributed by atoms with Gasteiger partial charge in [-0.25, -0.2) is 0 Å². The lowest BCUT2D eigenvalue weighted by Crippen LogP contribution is -2.22. The zero-order valence-electron chi connectivity index (χ0n) is 16.2. The molecule has 0 bridgehead atoms. The molecule has 3 aromatic carbocycles. The molecule has 3 atom stereocenters. The minimum Gasteiger partial charge on any atom is -0.0767 e. The van der Waals surface area contributed by atoms with Crippen LogP contribution in [0.15, 0.2) is 96.6 Å². The first-order valence-corrected chi connectivity index (χ1v) is 10.4. The maximum atomic E-state index is 2.49. The van der Waals surface area contributed by atoms with Crippen molar-refractivity contribution < 1.29 is 0 Å². The minimum absolute atomic E-state index is 0.0993. The molecule has 28 heavy (non-hydrogen) atoms. The maximum absolute atomic E-state index is 2.49. The van der Waals surface area contributed by atoms with Crippen molar-refractivity contribution in [1.29, 1.82) is 0 Å². The molecule has 0 aliphatic heterocycles. The molecule has 0 heteroatoms. The number of rotatable bonds is 2. The molecule has 1 saturated carbocycles. The van der Waals surface area contributed by atoms with E-state index < -0.39 is 0 Å². The minimum atomic E-state index is 0.0993. The van der Waals surface area contributed by atoms with Crippen molar-refractivity contribution in [2.24, 2.45) is 5.92 Å². The first-order chi connectivity index (χ1) is 13.8. The van der Waals surface area contributed by atoms with Crippen molar-refractivity contribution in [3.05, 3.63) is 119 Å². The maximum Gasteiger partial charge on any atom is 0.0152 e. The molecule has 0 spiro atoms. The number of hydrogen-bond donors (Lipinski definition) is 0. The summed E-state index contributed by atoms with van der Waals surface area (Å²) in [5, 5.41) is 0. The highest BCUT2D eigenvalue weighted by atomic mass is 14.5. The summed E-state index contributed by atoms with van der Waals surface area (Å²) in [7, 11) is 0. The first-order valence-electron chi connectivity index (χ1n) is 10.4. The van der Waals surface area contributed by atoms with Crippen LogP contribution in [-0.4, -0.2) is 0 Å². The van der Waals surface area contributed by atoms with Gasteiger partial charge < -0.3 is 0 Å². The molecular weight excluding hydrogens is 336 g/mol. The Labute approximate surface area is 167 Å². The Hall–Kier alpha value is -2.86. The van der Waals surface area contributed by atoms with Gasteiger partial charge in [0, 0.05) is 11.3 Å². The van der Waals surface area contributed by atoms with Gasteiger partial charge in [0.05, 0.1) is 0 Å². The monoisotopic (exact) mass is 360 g/mol. The van der Waals surface area contributed by atoms with Crippen LogP contribution in [0.2, 0.25) is 0 Å². The van der Waals surface area contributed by atoms with Crippen LogP contribution in [0.4, 0.5) is 0 Å². The fourth-order valence-electron chi connectivity index (χ4n) is 6.05. The van der Waals surface area contributed by atoms with E-state index in [9.17, 15) is 0 Å². The fourth-order valence-corrected chi connectivity index (χ4v) is 6.05. The van der Waals surface area contributed by atoms with Gasteiger partial charge in [-0.2, -0.15) is 0 Å². The summed E-state index contributed by atoms with van der Waals surface area (Å²) in [6.45, 7) is 2.49. The Morgan fingerprint density at radius 3 is 2.50 bits per heavy atom. The Kier molecular flexibility index (Phi) is 3.35. The third-order valence-corrected chi connectivity index (χ3v) is 7.33. The van der Waals surface area contributed by atoms with Crippen LogP contribution < -0.4 is 0 Å². The molecule has 3 aliphatic carbocycles. The number of allylic oxidation sites excluding steroid dienone is 4. The Morgan fingerprint density at radius 1 is 0.821 bits per heavy atom. The second-order valence-corrected chi connectivity index (χ2v) is 8.75. The molecule has 0 amide bonds. The van der Waals surface area contributed by atoms with Crippen LogP contribution in [0.25, 0.3) is 11.1 Å². The average Bonchev–Trinajstić information content (AvgIpc) is 3.43. The Bertz CT molecular complexity index is 1130. The molecule has 0 nitrogen and oxygen atoms in total. The standard InChI is InChI=1S/C28H24/c1-28(18-25(19-9-3-2-4-10-19)23-14-8-15-26(23)28)27-16-7-13-22-21-12-6-5-11-20(21)17-24(22)27/h2-16,23,25H,17-18H2,1H3. The molecule has 3 aliphatic rings. The van der Waals surface area contributed by atoms with E-state index in [1.54, 1.807) is 16.7 Å². The van der Waals surface area contributed by atoms with Crippen LogP contribution >= 0.6 is 0 Å². The van der Waals surface area contributed by atoms with Crippen molar-refractivity contribution in [3.8, 4) is 11.1 Å². The highest BCUT2D eigenvalue weighted by Gasteiger charge is 2.49. The Morgan fingerprint density at radius 2 is 1.61 bits per heavy atom. The predicted molar refractivity (Wildman–Crippen MR) is 117 cm³/mol. The first kappa shape index (κ1) is 16.1. The SMILES string of the molecule is CC1(c2cccc3c2Cc2ccccc2-3)CC(c2ccccc2)C2C=CC=C21. The molecule has 6 rings (SSSR count). The largest absolute Gasteiger partial charge is 0.0767 e. The number of hydrogen-bond acceptors (Lipinski definition) is 0. The Balaban J connectivity index is 1.49. The van der Waals surface area contributed by atoms with E-state index >= 15 is 0 Å². The van der Waals surface area contributed by atoms with E-state index in [1.807, 2.05) is 0 Å². The molecule has 3 unspecified atom stereocenters. The van der Waals surface area contributed by atoms with E-state index in [2.05, 4.69) is 97.9 Å². The highest BCUT2D eigenvalue weighted by molar-refractivity contribution is 5.79. The summed E-state index contributed by atoms with van der Waals surface area (Å²) < 4.78 is 0. The zero-order chi connectivity index (χ0) is 18.7. The van der Waals surface area contributed by atoms with Gasteiger partial charge in [-0.1, -0.05) is 104 Å². The third kappa shape index (κ3) is 2.12. The summed E-state index contributed by atoms with van der Waals surface area (Å²) in [5.74, 6) is 1.10. The third-order valence-electron chi connectivity index (χ3n) is 7.33. The highest BCUT2D eigenvalue weighted by Crippen LogP contribution is 2.58. The van der Waals surface area contributed by atoms with E-state index in [1.165, 1.54) is 28.7 Å². The van der Waals surface area contributed by atoms with E-state index in [-0.39, 0.29) is 5.41 Å². The normalized spacial score (nSPS) is 26.7. The number of benzene rings is 3. The topological polar surface area (TPSA) is 0 Å². The van der Waals surface area contributed by atoms with Crippen LogP contribution in [0.3, 0.4) is 0 Å². The molecule has 0 heterocycles. The van der Waals surface area contributed by atoms with Crippen LogP contribution in [0.5, 0.6) is 0 Å². The second kappa shape index (κ2) is 5.82. The van der Waals surface area contributed by atoms with Crippen molar-refractivity contribution in [1.82, 2.24) is 0 Å². The molecule has 0 radical (unpaired) electrons. The fraction of sp³-hybridized carbons (Fsp3) is 0.214. The van der Waals surface area contributed by atoms with Gasteiger partial charge in [-0.15, -0.1) is 0 Å². The quantitative estimate of drug-likeness (QED) is 0.368. The summed E-state index contributed by atoms with van der Waals surface area (Å²) in [4.78, 5) is 0. The van der Waals surface area contributed by atoms with Gasteiger partial charge in [-0.3, -0.25) is 0 Å². The van der Waals surface area contributed by atoms with Gasteiger partial charge in [0.15, 0.2) is 0 Å². The van der Waals surface area contributed by atoms with Gasteiger partial charge in [0.25, 0.3) is 0 Å². The summed E-state index contributed by atoms with van der Waals surface area (Å²) >= 11 is 0. The van der Waals surface area contributed by atoms with E-state index in [0.29, 0.717) is 11.8 Å². The molecule has 0 N–H and O–H groups in total. The lowest BCUT2D eigenvalue weighted by molar-refractivity contribution is 0.532. The smallest absolute Gasteiger partial charge is 0.0152 e. The van der Waals surface area contributed by atoms with Crippen molar-refractivity contribution in [3.63, 3.8) is 0 Å². The van der Waals surface area contributed by atoms with Gasteiger partial charge >= 0.3 is 0 Å². The zero-order valence-corrected chi connectivity index (χ0v) is 16.2. The predicted octanol–water partition coefficient (Wildman–Crippen LogP) is 6.82. The summed E-state index contributed by atoms with van der Waals surface area (Å²) in [6, 6.07) is 27.0. The molecule has 3 aromatic rings. The van der Waals surface area contributed by atoms with Crippen molar-refractivity contribution in [2.75, 3.05) is 0 Å². The average molecular weight is 361 g/mol. The van der Waals surface area contributed by atoms with Crippen LogP contribution in [0.1, 0.15) is 41.5 Å². The van der Waals surface area contributed by atoms with E-state index in [0.717, 1.165) is 6.42 Å². The lowest BCUT2D eigenvalue weighted by Gasteiger charge is -2.30. The van der Waals surface area contributed by atoms with Crippen LogP contribution in [0, 0.1) is 5.92 Å². The molecule has 1 fully saturated rings. The van der Waals surface area contributed by atoms with Crippen molar-refractivity contribution >= 4 is 0 Å². The van der Waals surface area contributed by atoms with Gasteiger partial charge in [-0.05, 0) is 52.1 Å². The molecule has 136 valence electrons. The molecule has 0 aromatic heterocycles. The summed E-state index contributed by atoms with van der Waals surface area (Å²) in [5.41, 5.74) is 10.6.